The highest BCUT2D eigenvalue weighted by Gasteiger charge is 2.25. The average Bonchev–Trinajstić information content (AvgIpc) is 2.63. The highest BCUT2D eigenvalue weighted by atomic mass is 16.5. The lowest BCUT2D eigenvalue weighted by Gasteiger charge is -2.05. The summed E-state index contributed by atoms with van der Waals surface area (Å²) in [7, 11) is 0. The van der Waals surface area contributed by atoms with Gasteiger partial charge in [-0.1, -0.05) is 0 Å². The number of Topliss-reactive ketones (excluding diaryl/α,β-unsaturated/α-hetero) is 1. The summed E-state index contributed by atoms with van der Waals surface area (Å²) in [6.07, 6.45) is 1.71. The van der Waals surface area contributed by atoms with Crippen molar-refractivity contribution in [3.63, 3.8) is 0 Å². The molecule has 0 fully saturated rings. The van der Waals surface area contributed by atoms with Crippen molar-refractivity contribution < 1.29 is 19.4 Å². The molecule has 1 N–H and O–H groups in total. The van der Waals surface area contributed by atoms with Crippen LogP contribution in [-0.2, 0) is 6.42 Å². The molecule has 0 spiro atoms. The first-order valence-corrected chi connectivity index (χ1v) is 4.50. The number of hydrogen-bond acceptors (Lipinski definition) is 4. The average molecular weight is 207 g/mol. The maximum atomic E-state index is 11.2. The van der Waals surface area contributed by atoms with Crippen LogP contribution in [0.15, 0.2) is 6.20 Å². The Morgan fingerprint density at radius 3 is 2.87 bits per heavy atom. The normalized spacial score (nSPS) is 13.1. The minimum Gasteiger partial charge on any atom is -0.492 e. The Balaban J connectivity index is 2.64. The van der Waals surface area contributed by atoms with Gasteiger partial charge >= 0.3 is 5.97 Å². The van der Waals surface area contributed by atoms with E-state index in [-0.39, 0.29) is 11.3 Å². The lowest BCUT2D eigenvalue weighted by molar-refractivity contribution is 0.0692. The summed E-state index contributed by atoms with van der Waals surface area (Å²) < 4.78 is 5.21. The topological polar surface area (TPSA) is 76.5 Å². The van der Waals surface area contributed by atoms with Gasteiger partial charge in [0.15, 0.2) is 5.78 Å². The molecule has 2 heterocycles. The summed E-state index contributed by atoms with van der Waals surface area (Å²) in [5.41, 5.74) is 0.947. The van der Waals surface area contributed by atoms with Gasteiger partial charge < -0.3 is 9.84 Å². The molecule has 0 radical (unpaired) electrons. The Morgan fingerprint density at radius 1 is 1.53 bits per heavy atom. The van der Waals surface area contributed by atoms with Gasteiger partial charge in [0.25, 0.3) is 0 Å². The largest absolute Gasteiger partial charge is 0.492 e. The van der Waals surface area contributed by atoms with Crippen molar-refractivity contribution in [1.29, 1.82) is 0 Å². The third kappa shape index (κ3) is 1.45. The predicted molar refractivity (Wildman–Crippen MR) is 50.4 cm³/mol. The fourth-order valence-electron chi connectivity index (χ4n) is 1.64. The van der Waals surface area contributed by atoms with E-state index in [2.05, 4.69) is 4.98 Å². The number of carboxylic acid groups (broad SMARTS) is 1. The zero-order valence-corrected chi connectivity index (χ0v) is 8.11. The van der Waals surface area contributed by atoms with Crippen LogP contribution in [0.3, 0.4) is 0 Å². The third-order valence-corrected chi connectivity index (χ3v) is 2.29. The second-order valence-electron chi connectivity index (χ2n) is 3.29. The third-order valence-electron chi connectivity index (χ3n) is 2.29. The number of carboxylic acids is 1. The smallest absolute Gasteiger partial charge is 0.341 e. The molecule has 1 aliphatic heterocycles. The van der Waals surface area contributed by atoms with Gasteiger partial charge in [0.2, 0.25) is 0 Å². The van der Waals surface area contributed by atoms with Crippen LogP contribution in [-0.4, -0.2) is 28.4 Å². The van der Waals surface area contributed by atoms with Crippen LogP contribution in [0.4, 0.5) is 0 Å². The van der Waals surface area contributed by atoms with Gasteiger partial charge in [0.1, 0.15) is 17.0 Å². The van der Waals surface area contributed by atoms with E-state index in [0.717, 1.165) is 0 Å². The number of ether oxygens (including phenoxy) is 1. The number of pyridine rings is 1. The van der Waals surface area contributed by atoms with E-state index in [9.17, 15) is 9.59 Å². The van der Waals surface area contributed by atoms with E-state index in [1.165, 1.54) is 13.1 Å². The van der Waals surface area contributed by atoms with Crippen LogP contribution in [0.25, 0.3) is 0 Å². The van der Waals surface area contributed by atoms with Crippen LogP contribution < -0.4 is 4.74 Å². The van der Waals surface area contributed by atoms with Gasteiger partial charge in [0.05, 0.1) is 6.61 Å². The Kier molecular flexibility index (Phi) is 2.15. The number of aromatic carboxylic acids is 1. The first-order valence-electron chi connectivity index (χ1n) is 4.50. The van der Waals surface area contributed by atoms with Gasteiger partial charge in [-0.3, -0.25) is 9.78 Å². The van der Waals surface area contributed by atoms with E-state index in [4.69, 9.17) is 9.84 Å². The molecule has 0 saturated carbocycles. The molecule has 0 saturated heterocycles. The number of ketones is 1. The van der Waals surface area contributed by atoms with Crippen LogP contribution in [0.5, 0.6) is 5.75 Å². The standard InChI is InChI=1S/C10H9NO4/c1-5(12)8-6-2-3-15-9(6)7(4-11-8)10(13)14/h4H,2-3H2,1H3,(H,13,14). The van der Waals surface area contributed by atoms with Gasteiger partial charge in [-0.15, -0.1) is 0 Å². The summed E-state index contributed by atoms with van der Waals surface area (Å²) in [6, 6.07) is 0. The van der Waals surface area contributed by atoms with Crippen molar-refractivity contribution in [2.75, 3.05) is 6.61 Å². The second kappa shape index (κ2) is 3.34. The zero-order valence-electron chi connectivity index (χ0n) is 8.11. The molecule has 0 unspecified atom stereocenters. The van der Waals surface area contributed by atoms with Crippen LogP contribution in [0.1, 0.15) is 33.3 Å². The first-order chi connectivity index (χ1) is 7.11. The molecule has 15 heavy (non-hydrogen) atoms. The number of nitrogens with zero attached hydrogens (tertiary/aromatic N) is 1. The Bertz CT molecular complexity index is 412. The quantitative estimate of drug-likeness (QED) is 0.729. The molecule has 0 aromatic carbocycles. The number of aromatic nitrogens is 1. The molecular weight excluding hydrogens is 198 g/mol. The molecule has 78 valence electrons. The number of carbonyl (C=O) groups is 2. The van der Waals surface area contributed by atoms with E-state index in [1.54, 1.807) is 0 Å². The Hall–Kier alpha value is -1.91. The fraction of sp³-hybridized carbons (Fsp3) is 0.300. The molecule has 1 aliphatic rings. The molecule has 0 aliphatic carbocycles. The van der Waals surface area contributed by atoms with Crippen molar-refractivity contribution in [1.82, 2.24) is 4.98 Å². The van der Waals surface area contributed by atoms with Crippen molar-refractivity contribution in [3.8, 4) is 5.75 Å². The summed E-state index contributed by atoms with van der Waals surface area (Å²) in [5, 5.41) is 8.87. The van der Waals surface area contributed by atoms with E-state index >= 15 is 0 Å². The number of hydrogen-bond donors (Lipinski definition) is 1. The van der Waals surface area contributed by atoms with E-state index in [0.29, 0.717) is 30.0 Å². The summed E-state index contributed by atoms with van der Waals surface area (Å²) in [4.78, 5) is 25.9. The lowest BCUT2D eigenvalue weighted by atomic mass is 10.1. The van der Waals surface area contributed by atoms with Crippen molar-refractivity contribution in [3.05, 3.63) is 23.0 Å². The van der Waals surface area contributed by atoms with Crippen LogP contribution in [0.2, 0.25) is 0 Å². The molecule has 2 rings (SSSR count). The molecule has 1 aromatic heterocycles. The summed E-state index contributed by atoms with van der Waals surface area (Å²) in [5.74, 6) is -0.966. The zero-order chi connectivity index (χ0) is 11.0. The molecule has 5 nitrogen and oxygen atoms in total. The highest BCUT2D eigenvalue weighted by molar-refractivity contribution is 5.97. The highest BCUT2D eigenvalue weighted by Crippen LogP contribution is 2.31. The minimum absolute atomic E-state index is 0.0208. The van der Waals surface area contributed by atoms with E-state index < -0.39 is 5.97 Å². The van der Waals surface area contributed by atoms with E-state index in [1.807, 2.05) is 0 Å². The van der Waals surface area contributed by atoms with Gasteiger partial charge in [-0.2, -0.15) is 0 Å². The lowest BCUT2D eigenvalue weighted by Crippen LogP contribution is -2.06. The summed E-state index contributed by atoms with van der Waals surface area (Å²) in [6.45, 7) is 1.81. The maximum absolute atomic E-state index is 11.2. The number of fused-ring (bicyclic) bond motifs is 1. The van der Waals surface area contributed by atoms with Crippen molar-refractivity contribution >= 4 is 11.8 Å². The monoisotopic (exact) mass is 207 g/mol. The van der Waals surface area contributed by atoms with Crippen LogP contribution in [0, 0.1) is 0 Å². The Labute approximate surface area is 85.7 Å². The molecule has 0 amide bonds. The Morgan fingerprint density at radius 2 is 2.27 bits per heavy atom. The SMILES string of the molecule is CC(=O)c1ncc(C(=O)O)c2c1CCO2. The molecule has 5 heteroatoms. The molecular formula is C10H9NO4. The van der Waals surface area contributed by atoms with Gasteiger partial charge in [0, 0.05) is 25.1 Å². The molecule has 0 atom stereocenters. The number of rotatable bonds is 2. The number of carbonyl (C=O) groups excluding carboxylic acids is 1. The first kappa shape index (κ1) is 9.64. The predicted octanol–water partition coefficient (Wildman–Crippen LogP) is 0.917. The van der Waals surface area contributed by atoms with Crippen molar-refractivity contribution in [2.45, 2.75) is 13.3 Å². The fourth-order valence-corrected chi connectivity index (χ4v) is 1.64. The van der Waals surface area contributed by atoms with Gasteiger partial charge in [-0.05, 0) is 0 Å². The molecule has 0 bridgehead atoms. The van der Waals surface area contributed by atoms with Crippen molar-refractivity contribution in [2.24, 2.45) is 0 Å². The summed E-state index contributed by atoms with van der Waals surface area (Å²) >= 11 is 0. The minimum atomic E-state index is -1.09. The van der Waals surface area contributed by atoms with Gasteiger partial charge in [-0.25, -0.2) is 4.79 Å². The second-order valence-corrected chi connectivity index (χ2v) is 3.29. The molecule has 1 aromatic rings. The maximum Gasteiger partial charge on any atom is 0.341 e. The van der Waals surface area contributed by atoms with Crippen LogP contribution >= 0.6 is 0 Å².